The van der Waals surface area contributed by atoms with Crippen LogP contribution in [0, 0.1) is 0 Å². The van der Waals surface area contributed by atoms with E-state index in [1.54, 1.807) is 0 Å². The number of piperidine rings is 1. The molecule has 2 rings (SSSR count). The summed E-state index contributed by atoms with van der Waals surface area (Å²) in [6, 6.07) is 8.42. The van der Waals surface area contributed by atoms with Crippen molar-refractivity contribution < 1.29 is 4.74 Å². The second kappa shape index (κ2) is 6.31. The van der Waals surface area contributed by atoms with Gasteiger partial charge in [0.1, 0.15) is 5.75 Å². The molecule has 0 radical (unpaired) electrons. The molecule has 94 valence electrons. The van der Waals surface area contributed by atoms with Crippen LogP contribution >= 0.6 is 11.8 Å². The molecule has 1 aromatic rings. The lowest BCUT2D eigenvalue weighted by Gasteiger charge is -2.22. The van der Waals surface area contributed by atoms with Crippen LogP contribution < -0.4 is 10.1 Å². The fourth-order valence-corrected chi connectivity index (χ4v) is 3.06. The minimum absolute atomic E-state index is 0.244. The topological polar surface area (TPSA) is 21.3 Å². The maximum atomic E-state index is 5.63. The van der Waals surface area contributed by atoms with Crippen LogP contribution in [0.2, 0.25) is 0 Å². The van der Waals surface area contributed by atoms with Gasteiger partial charge in [-0.3, -0.25) is 0 Å². The molecule has 17 heavy (non-hydrogen) atoms. The average Bonchev–Trinajstić information content (AvgIpc) is 2.32. The van der Waals surface area contributed by atoms with Crippen molar-refractivity contribution in [3.63, 3.8) is 0 Å². The Morgan fingerprint density at radius 3 is 2.59 bits per heavy atom. The summed E-state index contributed by atoms with van der Waals surface area (Å²) < 4.78 is 5.63. The van der Waals surface area contributed by atoms with E-state index in [1.165, 1.54) is 24.2 Å². The van der Waals surface area contributed by atoms with Gasteiger partial charge in [-0.1, -0.05) is 0 Å². The summed E-state index contributed by atoms with van der Waals surface area (Å²) in [5.41, 5.74) is 0. The lowest BCUT2D eigenvalue weighted by atomic mass is 10.2. The quantitative estimate of drug-likeness (QED) is 0.882. The number of thioether (sulfide) groups is 1. The van der Waals surface area contributed by atoms with Gasteiger partial charge in [0.2, 0.25) is 0 Å². The van der Waals surface area contributed by atoms with Crippen LogP contribution in [0.15, 0.2) is 29.2 Å². The molecule has 0 bridgehead atoms. The van der Waals surface area contributed by atoms with E-state index in [2.05, 4.69) is 43.4 Å². The van der Waals surface area contributed by atoms with Crippen LogP contribution in [0.1, 0.15) is 33.1 Å². The molecule has 1 unspecified atom stereocenters. The van der Waals surface area contributed by atoms with Gasteiger partial charge in [-0.15, -0.1) is 11.8 Å². The first-order valence-corrected chi connectivity index (χ1v) is 7.29. The highest BCUT2D eigenvalue weighted by Crippen LogP contribution is 2.28. The summed E-state index contributed by atoms with van der Waals surface area (Å²) in [4.78, 5) is 1.32. The Morgan fingerprint density at radius 2 is 2.00 bits per heavy atom. The van der Waals surface area contributed by atoms with E-state index in [4.69, 9.17) is 4.74 Å². The van der Waals surface area contributed by atoms with Crippen molar-refractivity contribution in [1.82, 2.24) is 5.32 Å². The van der Waals surface area contributed by atoms with E-state index in [1.807, 2.05) is 11.8 Å². The van der Waals surface area contributed by atoms with E-state index in [-0.39, 0.29) is 6.10 Å². The average molecular weight is 251 g/mol. The highest BCUT2D eigenvalue weighted by atomic mass is 32.2. The molecular formula is C14H21NOS. The van der Waals surface area contributed by atoms with Crippen molar-refractivity contribution >= 4 is 11.8 Å². The van der Waals surface area contributed by atoms with Crippen molar-refractivity contribution in [2.45, 2.75) is 49.5 Å². The summed E-state index contributed by atoms with van der Waals surface area (Å²) in [5.74, 6) is 0.959. The Morgan fingerprint density at radius 1 is 1.24 bits per heavy atom. The first kappa shape index (κ1) is 12.8. The van der Waals surface area contributed by atoms with Crippen LogP contribution in [0.3, 0.4) is 0 Å². The molecule has 1 aromatic carbocycles. The molecule has 1 aliphatic rings. The summed E-state index contributed by atoms with van der Waals surface area (Å²) in [5, 5.41) is 4.13. The molecule has 1 saturated heterocycles. The van der Waals surface area contributed by atoms with Gasteiger partial charge in [0.15, 0.2) is 0 Å². The molecule has 1 aliphatic heterocycles. The van der Waals surface area contributed by atoms with Gasteiger partial charge in [0.05, 0.1) is 11.5 Å². The van der Waals surface area contributed by atoms with Crippen LogP contribution in [-0.4, -0.2) is 18.0 Å². The van der Waals surface area contributed by atoms with Crippen LogP contribution in [0.4, 0.5) is 0 Å². The molecule has 1 heterocycles. The number of ether oxygens (including phenoxy) is 1. The van der Waals surface area contributed by atoms with Gasteiger partial charge in [-0.05, 0) is 63.9 Å². The lowest BCUT2D eigenvalue weighted by Crippen LogP contribution is -2.30. The van der Waals surface area contributed by atoms with Crippen molar-refractivity contribution in [3.8, 4) is 5.75 Å². The van der Waals surface area contributed by atoms with Crippen LogP contribution in [0.5, 0.6) is 5.75 Å². The minimum atomic E-state index is 0.244. The predicted molar refractivity (Wildman–Crippen MR) is 73.7 cm³/mol. The maximum Gasteiger partial charge on any atom is 0.119 e. The Labute approximate surface area is 108 Å². The molecule has 1 fully saturated rings. The predicted octanol–water partition coefficient (Wildman–Crippen LogP) is 3.67. The van der Waals surface area contributed by atoms with E-state index in [0.717, 1.165) is 12.3 Å². The number of benzene rings is 1. The maximum absolute atomic E-state index is 5.63. The Hall–Kier alpha value is -0.670. The third-order valence-corrected chi connectivity index (χ3v) is 3.97. The van der Waals surface area contributed by atoms with Crippen LogP contribution in [-0.2, 0) is 0 Å². The zero-order chi connectivity index (χ0) is 12.1. The zero-order valence-electron chi connectivity index (χ0n) is 10.6. The molecule has 0 aromatic heterocycles. The zero-order valence-corrected chi connectivity index (χ0v) is 11.4. The molecule has 1 atom stereocenters. The van der Waals surface area contributed by atoms with Gasteiger partial charge < -0.3 is 10.1 Å². The highest BCUT2D eigenvalue weighted by molar-refractivity contribution is 7.99. The van der Waals surface area contributed by atoms with E-state index in [0.29, 0.717) is 5.37 Å². The van der Waals surface area contributed by atoms with Crippen LogP contribution in [0.25, 0.3) is 0 Å². The number of hydrogen-bond acceptors (Lipinski definition) is 3. The normalized spacial score (nSPS) is 20.5. The van der Waals surface area contributed by atoms with Gasteiger partial charge in [-0.2, -0.15) is 0 Å². The monoisotopic (exact) mass is 251 g/mol. The number of nitrogens with one attached hydrogen (secondary N) is 1. The first-order valence-electron chi connectivity index (χ1n) is 6.41. The molecule has 3 heteroatoms. The molecule has 0 amide bonds. The Balaban J connectivity index is 1.88. The number of rotatable bonds is 4. The molecule has 2 nitrogen and oxygen atoms in total. The van der Waals surface area contributed by atoms with Crippen molar-refractivity contribution in [2.24, 2.45) is 0 Å². The van der Waals surface area contributed by atoms with Gasteiger partial charge >= 0.3 is 0 Å². The fourth-order valence-electron chi connectivity index (χ4n) is 1.95. The molecule has 0 aliphatic carbocycles. The lowest BCUT2D eigenvalue weighted by molar-refractivity contribution is 0.242. The molecule has 1 N–H and O–H groups in total. The largest absolute Gasteiger partial charge is 0.491 e. The Kier molecular flexibility index (Phi) is 4.75. The minimum Gasteiger partial charge on any atom is -0.491 e. The third-order valence-electron chi connectivity index (χ3n) is 2.74. The Bertz CT molecular complexity index is 331. The molecular weight excluding hydrogens is 230 g/mol. The van der Waals surface area contributed by atoms with Crippen molar-refractivity contribution in [2.75, 3.05) is 6.54 Å². The fraction of sp³-hybridized carbons (Fsp3) is 0.571. The van der Waals surface area contributed by atoms with Gasteiger partial charge in [0, 0.05) is 4.90 Å². The summed E-state index contributed by atoms with van der Waals surface area (Å²) >= 11 is 1.93. The van der Waals surface area contributed by atoms with E-state index < -0.39 is 0 Å². The smallest absolute Gasteiger partial charge is 0.119 e. The SMILES string of the molecule is CC(C)Oc1ccc(SC2CCCCN2)cc1. The summed E-state index contributed by atoms with van der Waals surface area (Å²) in [7, 11) is 0. The highest BCUT2D eigenvalue weighted by Gasteiger charge is 2.13. The van der Waals surface area contributed by atoms with Crippen molar-refractivity contribution in [1.29, 1.82) is 0 Å². The molecule has 0 spiro atoms. The number of hydrogen-bond donors (Lipinski definition) is 1. The van der Waals surface area contributed by atoms with E-state index >= 15 is 0 Å². The standard InChI is InChI=1S/C14H21NOS/c1-11(2)16-12-6-8-13(9-7-12)17-14-5-3-4-10-15-14/h6-9,11,14-15H,3-5,10H2,1-2H3. The summed E-state index contributed by atoms with van der Waals surface area (Å²) in [6.45, 7) is 5.26. The summed E-state index contributed by atoms with van der Waals surface area (Å²) in [6.07, 6.45) is 4.18. The second-order valence-corrected chi connectivity index (χ2v) is 5.97. The van der Waals surface area contributed by atoms with Gasteiger partial charge in [0.25, 0.3) is 0 Å². The third kappa shape index (κ3) is 4.25. The van der Waals surface area contributed by atoms with Crippen molar-refractivity contribution in [3.05, 3.63) is 24.3 Å². The first-order chi connectivity index (χ1) is 8.24. The second-order valence-electron chi connectivity index (χ2n) is 4.69. The van der Waals surface area contributed by atoms with Gasteiger partial charge in [-0.25, -0.2) is 0 Å². The van der Waals surface area contributed by atoms with E-state index in [9.17, 15) is 0 Å². The molecule has 0 saturated carbocycles.